The van der Waals surface area contributed by atoms with E-state index in [9.17, 15) is 14.4 Å². The second kappa shape index (κ2) is 5.95. The minimum atomic E-state index is -0.871. The van der Waals surface area contributed by atoms with Crippen LogP contribution in [0.15, 0.2) is 34.8 Å². The van der Waals surface area contributed by atoms with Gasteiger partial charge in [-0.1, -0.05) is 39.7 Å². The van der Waals surface area contributed by atoms with Crippen LogP contribution in [0, 0.1) is 23.7 Å². The fraction of sp³-hybridized carbons (Fsp3) is 0.389. The lowest BCUT2D eigenvalue weighted by Gasteiger charge is -2.24. The zero-order valence-electron chi connectivity index (χ0n) is 13.4. The number of fused-ring (bicyclic) bond motifs is 5. The first-order valence-electron chi connectivity index (χ1n) is 8.19. The molecule has 5 atom stereocenters. The zero-order valence-corrected chi connectivity index (χ0v) is 15.8. The van der Waals surface area contributed by atoms with E-state index in [0.717, 1.165) is 15.8 Å². The molecular weight excluding hydrogens is 408 g/mol. The molecule has 130 valence electrons. The van der Waals surface area contributed by atoms with Crippen LogP contribution in [-0.4, -0.2) is 28.7 Å². The van der Waals surface area contributed by atoms with E-state index in [0.29, 0.717) is 10.7 Å². The van der Waals surface area contributed by atoms with E-state index in [1.165, 1.54) is 0 Å². The van der Waals surface area contributed by atoms with Crippen molar-refractivity contribution in [2.75, 3.05) is 5.32 Å². The number of rotatable bonds is 3. The molecule has 5 nitrogen and oxygen atoms in total. The second-order valence-electron chi connectivity index (χ2n) is 6.84. The number of hydrogen-bond acceptors (Lipinski definition) is 3. The average molecular weight is 424 g/mol. The van der Waals surface area contributed by atoms with Crippen molar-refractivity contribution in [3.63, 3.8) is 0 Å². The Kier molecular flexibility index (Phi) is 4.00. The van der Waals surface area contributed by atoms with Gasteiger partial charge in [0.25, 0.3) is 0 Å². The van der Waals surface area contributed by atoms with Gasteiger partial charge in [-0.15, -0.1) is 0 Å². The van der Waals surface area contributed by atoms with E-state index in [4.69, 9.17) is 11.6 Å². The molecule has 0 spiro atoms. The summed E-state index contributed by atoms with van der Waals surface area (Å²) in [6, 6.07) is 4.22. The van der Waals surface area contributed by atoms with E-state index in [-0.39, 0.29) is 35.5 Å². The first-order chi connectivity index (χ1) is 11.9. The molecule has 7 heteroatoms. The maximum absolute atomic E-state index is 12.8. The normalized spacial score (nSPS) is 30.8. The summed E-state index contributed by atoms with van der Waals surface area (Å²) in [7, 11) is 0. The third kappa shape index (κ3) is 2.54. The number of anilines is 1. The van der Waals surface area contributed by atoms with E-state index >= 15 is 0 Å². The summed E-state index contributed by atoms with van der Waals surface area (Å²) in [6.07, 6.45) is 4.94. The van der Waals surface area contributed by atoms with Gasteiger partial charge in [0.15, 0.2) is 0 Å². The second-order valence-corrected chi connectivity index (χ2v) is 8.16. The lowest BCUT2D eigenvalue weighted by Crippen LogP contribution is -2.46. The average Bonchev–Trinajstić information content (AvgIpc) is 3.23. The molecule has 1 heterocycles. The van der Waals surface area contributed by atoms with Crippen molar-refractivity contribution in [2.24, 2.45) is 23.7 Å². The van der Waals surface area contributed by atoms with Gasteiger partial charge in [-0.05, 0) is 43.4 Å². The number of amides is 3. The van der Waals surface area contributed by atoms with Crippen molar-refractivity contribution in [2.45, 2.75) is 19.4 Å². The topological polar surface area (TPSA) is 66.5 Å². The van der Waals surface area contributed by atoms with Gasteiger partial charge in [0.1, 0.15) is 6.04 Å². The van der Waals surface area contributed by atoms with Crippen LogP contribution in [0.3, 0.4) is 0 Å². The number of halogens is 2. The highest BCUT2D eigenvalue weighted by atomic mass is 79.9. The van der Waals surface area contributed by atoms with Crippen LogP contribution in [0.4, 0.5) is 5.69 Å². The maximum Gasteiger partial charge on any atom is 0.247 e. The van der Waals surface area contributed by atoms with Crippen molar-refractivity contribution in [1.82, 2.24) is 4.90 Å². The van der Waals surface area contributed by atoms with E-state index in [2.05, 4.69) is 21.2 Å². The number of carbonyl (C=O) groups is 3. The lowest BCUT2D eigenvalue weighted by atomic mass is 9.85. The molecule has 0 unspecified atom stereocenters. The first-order valence-corrected chi connectivity index (χ1v) is 9.36. The summed E-state index contributed by atoms with van der Waals surface area (Å²) in [5.41, 5.74) is 0.447. The van der Waals surface area contributed by atoms with Gasteiger partial charge >= 0.3 is 0 Å². The Balaban J connectivity index is 1.53. The number of carbonyl (C=O) groups excluding carboxylic acids is 3. The molecule has 25 heavy (non-hydrogen) atoms. The van der Waals surface area contributed by atoms with Crippen molar-refractivity contribution in [3.05, 3.63) is 39.8 Å². The number of nitrogens with zero attached hydrogens (tertiary/aromatic N) is 1. The fourth-order valence-corrected chi connectivity index (χ4v) is 4.97. The molecule has 3 aliphatic rings. The van der Waals surface area contributed by atoms with E-state index in [1.54, 1.807) is 25.1 Å². The molecule has 1 aromatic carbocycles. The quantitative estimate of drug-likeness (QED) is 0.599. The van der Waals surface area contributed by atoms with Crippen molar-refractivity contribution in [3.8, 4) is 0 Å². The first kappa shape index (κ1) is 16.8. The minimum Gasteiger partial charge on any atom is -0.323 e. The number of allylic oxidation sites excluding steroid dienone is 2. The molecule has 3 amide bonds. The monoisotopic (exact) mass is 422 g/mol. The van der Waals surface area contributed by atoms with E-state index < -0.39 is 11.9 Å². The largest absolute Gasteiger partial charge is 0.323 e. The van der Waals surface area contributed by atoms with Crippen LogP contribution in [0.5, 0.6) is 0 Å². The van der Waals surface area contributed by atoms with Crippen LogP contribution in [0.2, 0.25) is 5.02 Å². The van der Waals surface area contributed by atoms with Crippen LogP contribution < -0.4 is 5.32 Å². The Morgan fingerprint density at radius 1 is 1.24 bits per heavy atom. The van der Waals surface area contributed by atoms with Gasteiger partial charge < -0.3 is 5.32 Å². The molecular formula is C18H16BrClN2O3. The summed E-state index contributed by atoms with van der Waals surface area (Å²) in [4.78, 5) is 39.2. The molecule has 2 fully saturated rings. The van der Waals surface area contributed by atoms with Crippen molar-refractivity contribution >= 4 is 50.9 Å². The summed E-state index contributed by atoms with van der Waals surface area (Å²) in [6.45, 7) is 1.58. The fourth-order valence-electron chi connectivity index (χ4n) is 4.25. The Bertz CT molecular complexity index is 795. The summed E-state index contributed by atoms with van der Waals surface area (Å²) in [5.74, 6) is -1.21. The molecule has 1 aromatic rings. The standard InChI is InChI=1S/C18H16BrClN2O3/c1-8(16(23)21-13-5-4-11(19)7-12(13)20)22-17(24)14-9-2-3-10(6-9)15(14)18(22)25/h2-5,7-10,14-15H,6H2,1H3,(H,21,23)/t8-,9-,10-,14-,15+/m0/s1. The smallest absolute Gasteiger partial charge is 0.247 e. The van der Waals surface area contributed by atoms with Crippen LogP contribution >= 0.6 is 27.5 Å². The Morgan fingerprint density at radius 2 is 1.84 bits per heavy atom. The predicted molar refractivity (Wildman–Crippen MR) is 96.8 cm³/mol. The number of likely N-dealkylation sites (tertiary alicyclic amines) is 1. The van der Waals surface area contributed by atoms with Crippen LogP contribution in [-0.2, 0) is 14.4 Å². The van der Waals surface area contributed by atoms with E-state index in [1.807, 2.05) is 12.2 Å². The highest BCUT2D eigenvalue weighted by Crippen LogP contribution is 2.52. The Hall–Kier alpha value is -1.66. The Labute approximate surface area is 158 Å². The SMILES string of the molecule is C[C@@H](C(=O)Nc1ccc(Br)cc1Cl)N1C(=O)[C@@H]2[C@H](C1=O)[C@H]1C=C[C@H]2C1. The number of benzene rings is 1. The number of nitrogens with one attached hydrogen (secondary N) is 1. The van der Waals surface area contributed by atoms with Gasteiger partial charge in [-0.25, -0.2) is 0 Å². The van der Waals surface area contributed by atoms with Gasteiger partial charge in [-0.2, -0.15) is 0 Å². The van der Waals surface area contributed by atoms with Gasteiger partial charge in [0.05, 0.1) is 22.5 Å². The highest BCUT2D eigenvalue weighted by Gasteiger charge is 2.60. The van der Waals surface area contributed by atoms with Gasteiger partial charge in [-0.3, -0.25) is 19.3 Å². The molecule has 1 saturated carbocycles. The number of imide groups is 1. The lowest BCUT2D eigenvalue weighted by molar-refractivity contribution is -0.146. The van der Waals surface area contributed by atoms with Crippen LogP contribution in [0.1, 0.15) is 13.3 Å². The van der Waals surface area contributed by atoms with Crippen molar-refractivity contribution in [1.29, 1.82) is 0 Å². The Morgan fingerprint density at radius 3 is 2.40 bits per heavy atom. The molecule has 0 radical (unpaired) electrons. The molecule has 1 saturated heterocycles. The summed E-state index contributed by atoms with van der Waals surface area (Å²) >= 11 is 9.42. The minimum absolute atomic E-state index is 0.132. The molecule has 2 aliphatic carbocycles. The third-order valence-corrected chi connectivity index (χ3v) is 6.27. The van der Waals surface area contributed by atoms with Crippen LogP contribution in [0.25, 0.3) is 0 Å². The molecule has 1 aliphatic heterocycles. The molecule has 4 rings (SSSR count). The number of hydrogen-bond donors (Lipinski definition) is 1. The maximum atomic E-state index is 12.8. The summed E-state index contributed by atoms with van der Waals surface area (Å²) in [5, 5.41) is 3.09. The third-order valence-electron chi connectivity index (χ3n) is 5.46. The molecule has 2 bridgehead atoms. The molecule has 0 aromatic heterocycles. The van der Waals surface area contributed by atoms with Gasteiger partial charge in [0.2, 0.25) is 17.7 Å². The predicted octanol–water partition coefficient (Wildman–Crippen LogP) is 3.24. The molecule has 1 N–H and O–H groups in total. The van der Waals surface area contributed by atoms with Crippen molar-refractivity contribution < 1.29 is 14.4 Å². The van der Waals surface area contributed by atoms with Gasteiger partial charge in [0, 0.05) is 4.47 Å². The zero-order chi connectivity index (χ0) is 17.9. The summed E-state index contributed by atoms with van der Waals surface area (Å²) < 4.78 is 0.796. The highest BCUT2D eigenvalue weighted by molar-refractivity contribution is 9.10.